The highest BCUT2D eigenvalue weighted by Gasteiger charge is 2.16. The fourth-order valence-corrected chi connectivity index (χ4v) is 2.50. The number of ether oxygens (including phenoxy) is 2. The Morgan fingerprint density at radius 3 is 2.36 bits per heavy atom. The third-order valence-electron chi connectivity index (χ3n) is 3.96. The first-order valence-corrected chi connectivity index (χ1v) is 8.99. The van der Waals surface area contributed by atoms with Crippen molar-refractivity contribution >= 4 is 17.6 Å². The minimum absolute atomic E-state index is 0.210. The number of hydrogen-bond donors (Lipinski definition) is 3. The van der Waals surface area contributed by atoms with Crippen LogP contribution in [0.4, 0.5) is 5.69 Å². The molecular formula is C21H26N2O5. The van der Waals surface area contributed by atoms with Crippen LogP contribution in [0.15, 0.2) is 42.5 Å². The van der Waals surface area contributed by atoms with Gasteiger partial charge in [-0.3, -0.25) is 9.59 Å². The number of esters is 1. The Hall–Kier alpha value is -2.90. The van der Waals surface area contributed by atoms with Crippen LogP contribution in [0.1, 0.15) is 42.8 Å². The summed E-state index contributed by atoms with van der Waals surface area (Å²) in [6.07, 6.45) is -0.773. The van der Waals surface area contributed by atoms with Crippen LogP contribution in [0.2, 0.25) is 0 Å². The first kappa shape index (κ1) is 21.4. The predicted octanol–water partition coefficient (Wildman–Crippen LogP) is 2.90. The lowest BCUT2D eigenvalue weighted by molar-refractivity contribution is -0.131. The second-order valence-corrected chi connectivity index (χ2v) is 6.61. The number of anilines is 1. The zero-order valence-electron chi connectivity index (χ0n) is 16.5. The SMILES string of the molecule is COc1ccc(C(=O)Nc2cc(C(O)CNC(C)C)ccc2OC(C)=O)cc1. The molecule has 1 unspecified atom stereocenters. The topological polar surface area (TPSA) is 96.9 Å². The number of hydrogen-bond acceptors (Lipinski definition) is 6. The monoisotopic (exact) mass is 386 g/mol. The van der Waals surface area contributed by atoms with Crippen molar-refractivity contribution < 1.29 is 24.2 Å². The van der Waals surface area contributed by atoms with Crippen molar-refractivity contribution in [3.63, 3.8) is 0 Å². The van der Waals surface area contributed by atoms with Gasteiger partial charge in [0.15, 0.2) is 5.75 Å². The molecule has 0 aliphatic heterocycles. The molecule has 0 aliphatic carbocycles. The van der Waals surface area contributed by atoms with Gasteiger partial charge in [0.2, 0.25) is 0 Å². The quantitative estimate of drug-likeness (QED) is 0.477. The van der Waals surface area contributed by atoms with E-state index in [1.54, 1.807) is 49.6 Å². The number of carbonyl (C=O) groups is 2. The van der Waals surface area contributed by atoms with Gasteiger partial charge < -0.3 is 25.2 Å². The zero-order chi connectivity index (χ0) is 20.7. The molecule has 0 radical (unpaired) electrons. The van der Waals surface area contributed by atoms with Gasteiger partial charge in [0.05, 0.1) is 18.9 Å². The molecule has 2 aromatic rings. The summed E-state index contributed by atoms with van der Waals surface area (Å²) in [6.45, 7) is 5.61. The van der Waals surface area contributed by atoms with E-state index < -0.39 is 12.1 Å². The van der Waals surface area contributed by atoms with Crippen LogP contribution in [-0.2, 0) is 4.79 Å². The molecule has 28 heavy (non-hydrogen) atoms. The highest BCUT2D eigenvalue weighted by atomic mass is 16.5. The number of nitrogens with one attached hydrogen (secondary N) is 2. The number of aliphatic hydroxyl groups excluding tert-OH is 1. The molecule has 2 rings (SSSR count). The second kappa shape index (κ2) is 9.87. The minimum atomic E-state index is -0.773. The van der Waals surface area contributed by atoms with Gasteiger partial charge in [0.25, 0.3) is 5.91 Å². The lowest BCUT2D eigenvalue weighted by Crippen LogP contribution is -2.28. The van der Waals surface area contributed by atoms with E-state index in [9.17, 15) is 14.7 Å². The summed E-state index contributed by atoms with van der Waals surface area (Å²) in [7, 11) is 1.55. The van der Waals surface area contributed by atoms with Crippen molar-refractivity contribution in [1.82, 2.24) is 5.32 Å². The molecule has 3 N–H and O–H groups in total. The largest absolute Gasteiger partial charge is 0.497 e. The molecule has 0 aliphatic rings. The molecule has 150 valence electrons. The second-order valence-electron chi connectivity index (χ2n) is 6.61. The van der Waals surface area contributed by atoms with Crippen molar-refractivity contribution in [2.75, 3.05) is 19.0 Å². The molecule has 7 heteroatoms. The normalized spacial score (nSPS) is 11.8. The van der Waals surface area contributed by atoms with Gasteiger partial charge >= 0.3 is 5.97 Å². The van der Waals surface area contributed by atoms with E-state index >= 15 is 0 Å². The summed E-state index contributed by atoms with van der Waals surface area (Å²) in [4.78, 5) is 24.0. The Labute approximate surface area is 164 Å². The maximum absolute atomic E-state index is 12.6. The van der Waals surface area contributed by atoms with E-state index in [-0.39, 0.29) is 17.7 Å². The van der Waals surface area contributed by atoms with E-state index in [1.165, 1.54) is 6.92 Å². The predicted molar refractivity (Wildman–Crippen MR) is 107 cm³/mol. The van der Waals surface area contributed by atoms with E-state index in [4.69, 9.17) is 9.47 Å². The van der Waals surface area contributed by atoms with Gasteiger partial charge in [-0.05, 0) is 42.0 Å². The molecule has 7 nitrogen and oxygen atoms in total. The van der Waals surface area contributed by atoms with E-state index in [0.29, 0.717) is 29.1 Å². The number of amides is 1. The van der Waals surface area contributed by atoms with Gasteiger partial charge in [-0.2, -0.15) is 0 Å². The molecule has 0 fully saturated rings. The zero-order valence-corrected chi connectivity index (χ0v) is 16.5. The lowest BCUT2D eigenvalue weighted by Gasteiger charge is -2.17. The number of rotatable bonds is 8. The van der Waals surface area contributed by atoms with Crippen LogP contribution in [0.5, 0.6) is 11.5 Å². The van der Waals surface area contributed by atoms with Crippen LogP contribution in [0, 0.1) is 0 Å². The average Bonchev–Trinajstić information content (AvgIpc) is 2.67. The summed E-state index contributed by atoms with van der Waals surface area (Å²) in [5.74, 6) is -0.0280. The Bertz CT molecular complexity index is 818. The van der Waals surface area contributed by atoms with Gasteiger partial charge in [-0.25, -0.2) is 0 Å². The number of benzene rings is 2. The molecule has 1 amide bonds. The Morgan fingerprint density at radius 1 is 1.11 bits per heavy atom. The Kier molecular flexibility index (Phi) is 7.54. The Morgan fingerprint density at radius 2 is 1.79 bits per heavy atom. The van der Waals surface area contributed by atoms with E-state index in [2.05, 4.69) is 10.6 Å². The summed E-state index contributed by atoms with van der Waals surface area (Å²) in [5, 5.41) is 16.3. The smallest absolute Gasteiger partial charge is 0.308 e. The molecule has 0 aromatic heterocycles. The van der Waals surface area contributed by atoms with Crippen LogP contribution in [0.25, 0.3) is 0 Å². The minimum Gasteiger partial charge on any atom is -0.497 e. The Balaban J connectivity index is 2.25. The van der Waals surface area contributed by atoms with Crippen LogP contribution < -0.4 is 20.1 Å². The van der Waals surface area contributed by atoms with Crippen molar-refractivity contribution in [2.45, 2.75) is 32.9 Å². The molecular weight excluding hydrogens is 360 g/mol. The van der Waals surface area contributed by atoms with Gasteiger partial charge in [0.1, 0.15) is 5.75 Å². The highest BCUT2D eigenvalue weighted by molar-refractivity contribution is 6.05. The third-order valence-corrected chi connectivity index (χ3v) is 3.96. The summed E-state index contributed by atoms with van der Waals surface area (Å²) < 4.78 is 10.3. The third kappa shape index (κ3) is 6.07. The fraction of sp³-hybridized carbons (Fsp3) is 0.333. The fourth-order valence-electron chi connectivity index (χ4n) is 2.50. The van der Waals surface area contributed by atoms with Crippen molar-refractivity contribution in [1.29, 1.82) is 0 Å². The lowest BCUT2D eigenvalue weighted by atomic mass is 10.1. The number of methoxy groups -OCH3 is 1. The van der Waals surface area contributed by atoms with Gasteiger partial charge in [-0.15, -0.1) is 0 Å². The van der Waals surface area contributed by atoms with Crippen molar-refractivity contribution in [2.24, 2.45) is 0 Å². The van der Waals surface area contributed by atoms with Crippen LogP contribution in [-0.4, -0.2) is 36.7 Å². The molecule has 0 saturated heterocycles. The van der Waals surface area contributed by atoms with Crippen LogP contribution in [0.3, 0.4) is 0 Å². The van der Waals surface area contributed by atoms with Gasteiger partial charge in [-0.1, -0.05) is 19.9 Å². The highest BCUT2D eigenvalue weighted by Crippen LogP contribution is 2.29. The average molecular weight is 386 g/mol. The summed E-state index contributed by atoms with van der Waals surface area (Å²) >= 11 is 0. The summed E-state index contributed by atoms with van der Waals surface area (Å²) in [6, 6.07) is 11.7. The maximum Gasteiger partial charge on any atom is 0.308 e. The maximum atomic E-state index is 12.6. The first-order valence-electron chi connectivity index (χ1n) is 8.99. The van der Waals surface area contributed by atoms with E-state index in [0.717, 1.165) is 0 Å². The molecule has 2 aromatic carbocycles. The molecule has 0 bridgehead atoms. The van der Waals surface area contributed by atoms with Crippen molar-refractivity contribution in [3.8, 4) is 11.5 Å². The van der Waals surface area contributed by atoms with Gasteiger partial charge in [0, 0.05) is 25.1 Å². The first-order chi connectivity index (χ1) is 13.3. The van der Waals surface area contributed by atoms with Crippen molar-refractivity contribution in [3.05, 3.63) is 53.6 Å². The molecule has 0 heterocycles. The standard InChI is InChI=1S/C21H26N2O5/c1-13(2)22-12-19(25)16-7-10-20(28-14(3)24)18(11-16)23-21(26)15-5-8-17(27-4)9-6-15/h5-11,13,19,22,25H,12H2,1-4H3,(H,23,26). The van der Waals surface area contributed by atoms with E-state index in [1.807, 2.05) is 13.8 Å². The molecule has 1 atom stereocenters. The molecule has 0 saturated carbocycles. The molecule has 0 spiro atoms. The van der Waals surface area contributed by atoms with Crippen LogP contribution >= 0.6 is 0 Å². The number of aliphatic hydroxyl groups is 1. The summed E-state index contributed by atoms with van der Waals surface area (Å²) in [5.41, 5.74) is 1.31. The number of carbonyl (C=O) groups excluding carboxylic acids is 2.